The van der Waals surface area contributed by atoms with Gasteiger partial charge in [0.1, 0.15) is 0 Å². The molecule has 0 saturated carbocycles. The highest BCUT2D eigenvalue weighted by molar-refractivity contribution is 5.80. The number of aryl methyl sites for hydroxylation is 2. The first-order chi connectivity index (χ1) is 11.4. The van der Waals surface area contributed by atoms with Gasteiger partial charge in [-0.25, -0.2) is 0 Å². The van der Waals surface area contributed by atoms with Gasteiger partial charge >= 0.3 is 0 Å². The molecule has 0 radical (unpaired) electrons. The van der Waals surface area contributed by atoms with Gasteiger partial charge in [0.15, 0.2) is 0 Å². The lowest BCUT2D eigenvalue weighted by molar-refractivity contribution is -0.150. The van der Waals surface area contributed by atoms with Crippen molar-refractivity contribution in [2.24, 2.45) is 0 Å². The zero-order valence-corrected chi connectivity index (χ0v) is 15.0. The van der Waals surface area contributed by atoms with Crippen molar-refractivity contribution in [2.45, 2.75) is 70.5 Å². The SMILES string of the molecule is Cc1ccnn1CCC(=O)N1CCCC[C@@]2(C)[C@@H]1CCC(=O)N2C. The standard InChI is InChI=1S/C18H28N4O2/c1-14-8-11-19-22(14)13-9-17(24)21-12-5-4-10-18(2)15(21)6-7-16(23)20(18)3/h8,11,15H,4-7,9-10,12-13H2,1-3H3/t15-,18-/m0/s1. The van der Waals surface area contributed by atoms with Gasteiger partial charge in [0, 0.05) is 44.9 Å². The molecule has 132 valence electrons. The number of piperidine rings is 1. The summed E-state index contributed by atoms with van der Waals surface area (Å²) >= 11 is 0. The van der Waals surface area contributed by atoms with Gasteiger partial charge in [0.25, 0.3) is 0 Å². The van der Waals surface area contributed by atoms with Gasteiger partial charge in [-0.15, -0.1) is 0 Å². The van der Waals surface area contributed by atoms with Gasteiger partial charge in [-0.2, -0.15) is 5.10 Å². The number of amides is 2. The number of carbonyl (C=O) groups excluding carboxylic acids is 2. The minimum absolute atomic E-state index is 0.133. The van der Waals surface area contributed by atoms with E-state index in [1.165, 1.54) is 0 Å². The predicted molar refractivity (Wildman–Crippen MR) is 91.3 cm³/mol. The molecule has 1 aromatic heterocycles. The molecule has 0 unspecified atom stereocenters. The average molecular weight is 332 g/mol. The Hall–Kier alpha value is -1.85. The molecule has 0 N–H and O–H groups in total. The number of hydrogen-bond donors (Lipinski definition) is 0. The number of nitrogens with zero attached hydrogens (tertiary/aromatic N) is 4. The van der Waals surface area contributed by atoms with E-state index in [-0.39, 0.29) is 23.4 Å². The van der Waals surface area contributed by atoms with Crippen LogP contribution in [-0.2, 0) is 16.1 Å². The Morgan fingerprint density at radius 3 is 2.92 bits per heavy atom. The molecule has 2 fully saturated rings. The Morgan fingerprint density at radius 1 is 1.42 bits per heavy atom. The van der Waals surface area contributed by atoms with Gasteiger partial charge in [-0.3, -0.25) is 14.3 Å². The van der Waals surface area contributed by atoms with Crippen LogP contribution in [0.3, 0.4) is 0 Å². The number of fused-ring (bicyclic) bond motifs is 1. The first-order valence-electron chi connectivity index (χ1n) is 8.98. The summed E-state index contributed by atoms with van der Waals surface area (Å²) in [5.41, 5.74) is 0.842. The van der Waals surface area contributed by atoms with Crippen LogP contribution in [0.2, 0.25) is 0 Å². The molecule has 2 aliphatic rings. The second-order valence-electron chi connectivity index (χ2n) is 7.35. The third kappa shape index (κ3) is 2.94. The minimum Gasteiger partial charge on any atom is -0.338 e. The first-order valence-corrected chi connectivity index (χ1v) is 8.98. The van der Waals surface area contributed by atoms with Crippen LogP contribution in [0, 0.1) is 6.92 Å². The quantitative estimate of drug-likeness (QED) is 0.850. The van der Waals surface area contributed by atoms with E-state index < -0.39 is 0 Å². The fourth-order valence-corrected chi connectivity index (χ4v) is 4.27. The summed E-state index contributed by atoms with van der Waals surface area (Å²) in [5, 5.41) is 4.26. The number of likely N-dealkylation sites (N-methyl/N-ethyl adjacent to an activating group) is 1. The Balaban J connectivity index is 1.74. The molecular formula is C18H28N4O2. The summed E-state index contributed by atoms with van der Waals surface area (Å²) in [6.07, 6.45) is 6.61. The number of hydrogen-bond acceptors (Lipinski definition) is 3. The van der Waals surface area contributed by atoms with Crippen LogP contribution >= 0.6 is 0 Å². The van der Waals surface area contributed by atoms with Crippen molar-refractivity contribution in [1.82, 2.24) is 19.6 Å². The fourth-order valence-electron chi connectivity index (χ4n) is 4.27. The van der Waals surface area contributed by atoms with Crippen molar-refractivity contribution in [3.05, 3.63) is 18.0 Å². The summed E-state index contributed by atoms with van der Waals surface area (Å²) in [7, 11) is 1.90. The zero-order valence-electron chi connectivity index (χ0n) is 15.0. The summed E-state index contributed by atoms with van der Waals surface area (Å²) < 4.78 is 1.88. The Labute approximate surface area is 143 Å². The van der Waals surface area contributed by atoms with Crippen LogP contribution in [0.1, 0.15) is 51.1 Å². The molecule has 2 aliphatic heterocycles. The van der Waals surface area contributed by atoms with Crippen molar-refractivity contribution in [3.63, 3.8) is 0 Å². The van der Waals surface area contributed by atoms with Crippen molar-refractivity contribution < 1.29 is 9.59 Å². The Morgan fingerprint density at radius 2 is 2.21 bits per heavy atom. The van der Waals surface area contributed by atoms with Gasteiger partial charge in [-0.05, 0) is 45.6 Å². The minimum atomic E-state index is -0.233. The van der Waals surface area contributed by atoms with E-state index >= 15 is 0 Å². The fraction of sp³-hybridized carbons (Fsp3) is 0.722. The van der Waals surface area contributed by atoms with Crippen LogP contribution in [0.4, 0.5) is 0 Å². The second kappa shape index (κ2) is 6.57. The third-order valence-electron chi connectivity index (χ3n) is 5.98. The number of carbonyl (C=O) groups is 2. The van der Waals surface area contributed by atoms with E-state index in [0.717, 1.165) is 37.9 Å². The molecule has 3 heterocycles. The van der Waals surface area contributed by atoms with Crippen LogP contribution in [0.15, 0.2) is 12.3 Å². The molecule has 1 aromatic rings. The molecule has 6 heteroatoms. The summed E-state index contributed by atoms with van der Waals surface area (Å²) in [5.74, 6) is 0.390. The van der Waals surface area contributed by atoms with Crippen molar-refractivity contribution in [3.8, 4) is 0 Å². The van der Waals surface area contributed by atoms with Crippen LogP contribution in [0.25, 0.3) is 0 Å². The lowest BCUT2D eigenvalue weighted by atomic mass is 9.79. The normalized spacial score (nSPS) is 27.8. The molecule has 3 rings (SSSR count). The van der Waals surface area contributed by atoms with Gasteiger partial charge in [0.2, 0.25) is 11.8 Å². The molecule has 0 aromatic carbocycles. The second-order valence-corrected chi connectivity index (χ2v) is 7.35. The summed E-state index contributed by atoms with van der Waals surface area (Å²) in [6.45, 7) is 5.58. The van der Waals surface area contributed by atoms with E-state index in [9.17, 15) is 9.59 Å². The van der Waals surface area contributed by atoms with E-state index in [0.29, 0.717) is 19.4 Å². The largest absolute Gasteiger partial charge is 0.338 e. The van der Waals surface area contributed by atoms with Gasteiger partial charge in [0.05, 0.1) is 11.6 Å². The average Bonchev–Trinajstić information content (AvgIpc) is 2.88. The van der Waals surface area contributed by atoms with Crippen molar-refractivity contribution in [1.29, 1.82) is 0 Å². The third-order valence-corrected chi connectivity index (χ3v) is 5.98. The number of likely N-dealkylation sites (tertiary alicyclic amines) is 2. The molecule has 0 bridgehead atoms. The van der Waals surface area contributed by atoms with E-state index in [1.807, 2.05) is 29.6 Å². The maximum absolute atomic E-state index is 12.9. The maximum atomic E-state index is 12.9. The molecule has 2 saturated heterocycles. The number of rotatable bonds is 3. The van der Waals surface area contributed by atoms with Crippen LogP contribution in [-0.4, -0.2) is 56.6 Å². The Kier molecular flexibility index (Phi) is 4.65. The van der Waals surface area contributed by atoms with Gasteiger partial charge in [-0.1, -0.05) is 0 Å². The van der Waals surface area contributed by atoms with Crippen molar-refractivity contribution >= 4 is 11.8 Å². The molecule has 2 atom stereocenters. The summed E-state index contributed by atoms with van der Waals surface area (Å²) in [4.78, 5) is 29.0. The van der Waals surface area contributed by atoms with Crippen LogP contribution < -0.4 is 0 Å². The molecule has 24 heavy (non-hydrogen) atoms. The summed E-state index contributed by atoms with van der Waals surface area (Å²) in [6, 6.07) is 2.09. The van der Waals surface area contributed by atoms with E-state index in [4.69, 9.17) is 0 Å². The van der Waals surface area contributed by atoms with Crippen LogP contribution in [0.5, 0.6) is 0 Å². The van der Waals surface area contributed by atoms with Crippen molar-refractivity contribution in [2.75, 3.05) is 13.6 Å². The smallest absolute Gasteiger partial charge is 0.224 e. The maximum Gasteiger partial charge on any atom is 0.224 e. The molecule has 0 aliphatic carbocycles. The lowest BCUT2D eigenvalue weighted by Gasteiger charge is -2.51. The van der Waals surface area contributed by atoms with Gasteiger partial charge < -0.3 is 9.80 Å². The molecule has 0 spiro atoms. The zero-order chi connectivity index (χ0) is 17.3. The first kappa shape index (κ1) is 17.0. The van der Waals surface area contributed by atoms with E-state index in [1.54, 1.807) is 6.20 Å². The lowest BCUT2D eigenvalue weighted by Crippen LogP contribution is -2.64. The predicted octanol–water partition coefficient (Wildman–Crippen LogP) is 1.97. The highest BCUT2D eigenvalue weighted by Gasteiger charge is 2.48. The van der Waals surface area contributed by atoms with E-state index in [2.05, 4.69) is 16.9 Å². The highest BCUT2D eigenvalue weighted by atomic mass is 16.2. The topological polar surface area (TPSA) is 58.4 Å². The monoisotopic (exact) mass is 332 g/mol. The molecular weight excluding hydrogens is 304 g/mol. The highest BCUT2D eigenvalue weighted by Crippen LogP contribution is 2.38. The molecule has 2 amide bonds. The molecule has 6 nitrogen and oxygen atoms in total. The number of aromatic nitrogens is 2. The Bertz CT molecular complexity index is 626.